The second-order valence-electron chi connectivity index (χ2n) is 6.31. The van der Waals surface area contributed by atoms with Gasteiger partial charge in [0.15, 0.2) is 5.82 Å². The van der Waals surface area contributed by atoms with Crippen molar-refractivity contribution in [3.05, 3.63) is 46.9 Å². The van der Waals surface area contributed by atoms with Gasteiger partial charge in [-0.3, -0.25) is 4.90 Å². The van der Waals surface area contributed by atoms with Gasteiger partial charge < -0.3 is 4.52 Å². The number of hydrogen-bond donors (Lipinski definition) is 0. The smallest absolute Gasteiger partial charge is 0.229 e. The van der Waals surface area contributed by atoms with Gasteiger partial charge in [0.05, 0.1) is 17.7 Å². The molecule has 6 heteroatoms. The number of nitrogens with zero attached hydrogens (tertiary/aromatic N) is 4. The van der Waals surface area contributed by atoms with Crippen molar-refractivity contribution in [1.82, 2.24) is 15.0 Å². The Kier molecular flexibility index (Phi) is 3.58. The van der Waals surface area contributed by atoms with Crippen LogP contribution in [0.2, 0.25) is 0 Å². The highest BCUT2D eigenvalue weighted by atomic mass is 19.1. The number of likely N-dealkylation sites (tertiary alicyclic amines) is 1. The lowest BCUT2D eigenvalue weighted by atomic mass is 10.1. The van der Waals surface area contributed by atoms with Gasteiger partial charge in [-0.15, -0.1) is 0 Å². The number of hydrogen-bond acceptors (Lipinski definition) is 5. The van der Waals surface area contributed by atoms with E-state index >= 15 is 0 Å². The van der Waals surface area contributed by atoms with E-state index in [1.165, 1.54) is 12.1 Å². The molecule has 1 aromatic carbocycles. The largest absolute Gasteiger partial charge is 0.339 e. The van der Waals surface area contributed by atoms with E-state index in [0.717, 1.165) is 38.1 Å². The molecule has 0 unspecified atom stereocenters. The first-order chi connectivity index (χ1) is 11.2. The first-order valence-electron chi connectivity index (χ1n) is 8.00. The Balaban J connectivity index is 1.54. The fourth-order valence-corrected chi connectivity index (χ4v) is 3.17. The van der Waals surface area contributed by atoms with E-state index < -0.39 is 0 Å². The monoisotopic (exact) mass is 312 g/mol. The number of benzene rings is 1. The van der Waals surface area contributed by atoms with Gasteiger partial charge in [-0.2, -0.15) is 10.2 Å². The minimum atomic E-state index is -0.276. The van der Waals surface area contributed by atoms with E-state index in [0.29, 0.717) is 29.4 Å². The molecule has 0 amide bonds. The van der Waals surface area contributed by atoms with Crippen molar-refractivity contribution in [3.63, 3.8) is 0 Å². The van der Waals surface area contributed by atoms with Crippen LogP contribution in [0.25, 0.3) is 0 Å². The average Bonchev–Trinajstić information content (AvgIpc) is 3.12. The third-order valence-electron chi connectivity index (χ3n) is 4.59. The number of nitriles is 1. The highest BCUT2D eigenvalue weighted by Crippen LogP contribution is 2.40. The molecule has 1 saturated carbocycles. The molecule has 1 atom stereocenters. The Hall–Kier alpha value is -2.26. The van der Waals surface area contributed by atoms with Crippen molar-refractivity contribution < 1.29 is 8.91 Å². The highest BCUT2D eigenvalue weighted by molar-refractivity contribution is 5.33. The number of rotatable bonds is 4. The highest BCUT2D eigenvalue weighted by Gasteiger charge is 2.34. The van der Waals surface area contributed by atoms with Gasteiger partial charge in [-0.05, 0) is 50.4 Å². The summed E-state index contributed by atoms with van der Waals surface area (Å²) in [5, 5.41) is 13.1. The summed E-state index contributed by atoms with van der Waals surface area (Å²) in [5.74, 6) is 1.61. The zero-order valence-corrected chi connectivity index (χ0v) is 12.7. The van der Waals surface area contributed by atoms with Gasteiger partial charge in [0, 0.05) is 18.0 Å². The van der Waals surface area contributed by atoms with Crippen LogP contribution in [0.5, 0.6) is 0 Å². The molecule has 0 bridgehead atoms. The van der Waals surface area contributed by atoms with E-state index in [9.17, 15) is 4.39 Å². The standard InChI is InChI=1S/C17H17FN4O/c18-14-6-3-11(9-19)8-13(14)10-22-7-1-2-15(22)16-20-17(23-21-16)12-4-5-12/h3,6,8,12,15H,1-2,4-5,7,10H2/t15-/m0/s1. The summed E-state index contributed by atoms with van der Waals surface area (Å²) in [6.45, 7) is 1.33. The Bertz CT molecular complexity index is 762. The maximum Gasteiger partial charge on any atom is 0.229 e. The van der Waals surface area contributed by atoms with Crippen LogP contribution in [0.4, 0.5) is 4.39 Å². The predicted octanol–water partition coefficient (Wildman–Crippen LogP) is 3.29. The minimum absolute atomic E-state index is 0.0661. The van der Waals surface area contributed by atoms with Crippen LogP contribution in [-0.2, 0) is 6.54 Å². The van der Waals surface area contributed by atoms with Crippen LogP contribution >= 0.6 is 0 Å². The van der Waals surface area contributed by atoms with Gasteiger partial charge in [0.1, 0.15) is 5.82 Å². The molecule has 118 valence electrons. The third-order valence-corrected chi connectivity index (χ3v) is 4.59. The molecular formula is C17H17FN4O. The lowest BCUT2D eigenvalue weighted by Crippen LogP contribution is -2.24. The number of aromatic nitrogens is 2. The minimum Gasteiger partial charge on any atom is -0.339 e. The summed E-state index contributed by atoms with van der Waals surface area (Å²) in [4.78, 5) is 6.70. The molecule has 4 rings (SSSR count). The van der Waals surface area contributed by atoms with Crippen molar-refractivity contribution in [1.29, 1.82) is 5.26 Å². The van der Waals surface area contributed by atoms with Crippen molar-refractivity contribution in [2.75, 3.05) is 6.54 Å². The Morgan fingerprint density at radius 2 is 2.22 bits per heavy atom. The van der Waals surface area contributed by atoms with E-state index in [4.69, 9.17) is 9.78 Å². The second kappa shape index (κ2) is 5.74. The quantitative estimate of drug-likeness (QED) is 0.866. The maximum atomic E-state index is 14.0. The average molecular weight is 312 g/mol. The molecule has 0 N–H and O–H groups in total. The van der Waals surface area contributed by atoms with Crippen LogP contribution in [0, 0.1) is 17.1 Å². The van der Waals surface area contributed by atoms with Crippen LogP contribution in [0.15, 0.2) is 22.7 Å². The van der Waals surface area contributed by atoms with Gasteiger partial charge in [-0.1, -0.05) is 5.16 Å². The summed E-state index contributed by atoms with van der Waals surface area (Å²) >= 11 is 0. The molecule has 1 aliphatic carbocycles. The van der Waals surface area contributed by atoms with Crippen molar-refractivity contribution >= 4 is 0 Å². The molecule has 23 heavy (non-hydrogen) atoms. The molecule has 2 fully saturated rings. The molecule has 0 spiro atoms. The second-order valence-corrected chi connectivity index (χ2v) is 6.31. The van der Waals surface area contributed by atoms with E-state index in [-0.39, 0.29) is 11.9 Å². The molecule has 1 aromatic heterocycles. The molecule has 5 nitrogen and oxygen atoms in total. The van der Waals surface area contributed by atoms with E-state index in [2.05, 4.69) is 21.1 Å². The summed E-state index contributed by atoms with van der Waals surface area (Å²) in [5.41, 5.74) is 1.02. The van der Waals surface area contributed by atoms with Crippen LogP contribution in [0.3, 0.4) is 0 Å². The summed E-state index contributed by atoms with van der Waals surface area (Å²) in [7, 11) is 0. The van der Waals surface area contributed by atoms with E-state index in [1.807, 2.05) is 0 Å². The molecule has 2 heterocycles. The van der Waals surface area contributed by atoms with Crippen molar-refractivity contribution in [2.24, 2.45) is 0 Å². The molecule has 1 saturated heterocycles. The van der Waals surface area contributed by atoms with Crippen molar-refractivity contribution in [3.8, 4) is 6.07 Å². The van der Waals surface area contributed by atoms with Gasteiger partial charge >= 0.3 is 0 Å². The third kappa shape index (κ3) is 2.84. The fourth-order valence-electron chi connectivity index (χ4n) is 3.17. The SMILES string of the molecule is N#Cc1ccc(F)c(CN2CCC[C@H]2c2noc(C3CC3)n2)c1. The Morgan fingerprint density at radius 3 is 3.00 bits per heavy atom. The topological polar surface area (TPSA) is 66.0 Å². The molecule has 1 aliphatic heterocycles. The van der Waals surface area contributed by atoms with Crippen LogP contribution in [-0.4, -0.2) is 21.6 Å². The van der Waals surface area contributed by atoms with Gasteiger partial charge in [0.25, 0.3) is 0 Å². The summed E-state index contributed by atoms with van der Waals surface area (Å²) < 4.78 is 19.4. The number of halogens is 1. The van der Waals surface area contributed by atoms with Gasteiger partial charge in [0.2, 0.25) is 5.89 Å². The van der Waals surface area contributed by atoms with Crippen molar-refractivity contribution in [2.45, 2.75) is 44.2 Å². The lowest BCUT2D eigenvalue weighted by molar-refractivity contribution is 0.231. The van der Waals surface area contributed by atoms with Crippen LogP contribution < -0.4 is 0 Å². The predicted molar refractivity (Wildman–Crippen MR) is 79.8 cm³/mol. The van der Waals surface area contributed by atoms with Crippen LogP contribution in [0.1, 0.15) is 60.5 Å². The molecular weight excluding hydrogens is 295 g/mol. The summed E-state index contributed by atoms with van der Waals surface area (Å²) in [6, 6.07) is 6.61. The zero-order valence-electron chi connectivity index (χ0n) is 12.7. The first-order valence-corrected chi connectivity index (χ1v) is 8.00. The maximum absolute atomic E-state index is 14.0. The Morgan fingerprint density at radius 1 is 1.35 bits per heavy atom. The summed E-state index contributed by atoms with van der Waals surface area (Å²) in [6.07, 6.45) is 4.23. The Labute approximate surface area is 133 Å². The lowest BCUT2D eigenvalue weighted by Gasteiger charge is -2.22. The molecule has 2 aliphatic rings. The normalized spacial score (nSPS) is 21.5. The van der Waals surface area contributed by atoms with E-state index in [1.54, 1.807) is 6.07 Å². The first kappa shape index (κ1) is 14.3. The van der Waals surface area contributed by atoms with Gasteiger partial charge in [-0.25, -0.2) is 4.39 Å². The fraction of sp³-hybridized carbons (Fsp3) is 0.471. The zero-order chi connectivity index (χ0) is 15.8. The molecule has 0 radical (unpaired) electrons. The molecule has 2 aromatic rings.